The highest BCUT2D eigenvalue weighted by Gasteiger charge is 2.44. The predicted molar refractivity (Wildman–Crippen MR) is 101 cm³/mol. The van der Waals surface area contributed by atoms with Crippen LogP contribution in [0.2, 0.25) is 0 Å². The lowest BCUT2D eigenvalue weighted by Gasteiger charge is -2.39. The topological polar surface area (TPSA) is 146 Å². The summed E-state index contributed by atoms with van der Waals surface area (Å²) in [4.78, 5) is 12.4. The first-order valence-corrected chi connectivity index (χ1v) is 9.47. The molecule has 4 rings (SSSR count). The van der Waals surface area contributed by atoms with E-state index < -0.39 is 43.4 Å². The summed E-state index contributed by atoms with van der Waals surface area (Å²) in [5.41, 5.74) is 1.13. The third-order valence-corrected chi connectivity index (χ3v) is 5.26. The number of Topliss-reactive ketones (excluding diaryl/α,β-unsaturated/α-hetero) is 1. The molecule has 0 unspecified atom stereocenters. The molecule has 2 aromatic rings. The fourth-order valence-corrected chi connectivity index (χ4v) is 3.56. The largest absolute Gasteiger partial charge is 0.508 e. The third-order valence-electron chi connectivity index (χ3n) is 5.26. The van der Waals surface area contributed by atoms with Crippen LogP contribution in [-0.4, -0.2) is 68.6 Å². The number of carbonyl (C=O) groups is 1. The van der Waals surface area contributed by atoms with Crippen LogP contribution >= 0.6 is 0 Å². The van der Waals surface area contributed by atoms with Gasteiger partial charge in [-0.05, 0) is 29.8 Å². The lowest BCUT2D eigenvalue weighted by Crippen LogP contribution is -2.60. The Balaban J connectivity index is 1.46. The highest BCUT2D eigenvalue weighted by molar-refractivity contribution is 6.00. The highest BCUT2D eigenvalue weighted by Crippen LogP contribution is 2.37. The number of aromatic hydroxyl groups is 1. The number of hydrogen-bond donors (Lipinski definition) is 5. The molecule has 0 aliphatic carbocycles. The summed E-state index contributed by atoms with van der Waals surface area (Å²) in [5, 5.41) is 48.6. The van der Waals surface area contributed by atoms with Crippen LogP contribution < -0.4 is 9.47 Å². The maximum absolute atomic E-state index is 12.4. The van der Waals surface area contributed by atoms with Crippen LogP contribution in [0.4, 0.5) is 0 Å². The SMILES string of the molecule is O=C1C[C@H](c2ccc(O[C@H]3O[C@@H](CO)[C@H](O)[C@H](O)[C@@H]3O)cc2)Oc2cc(O)ccc21. The van der Waals surface area contributed by atoms with E-state index in [1.165, 1.54) is 18.2 Å². The molecule has 30 heavy (non-hydrogen) atoms. The van der Waals surface area contributed by atoms with Gasteiger partial charge in [-0.1, -0.05) is 12.1 Å². The van der Waals surface area contributed by atoms with Crippen molar-refractivity contribution in [3.63, 3.8) is 0 Å². The average molecular weight is 418 g/mol. The minimum atomic E-state index is -1.53. The summed E-state index contributed by atoms with van der Waals surface area (Å²) in [7, 11) is 0. The maximum Gasteiger partial charge on any atom is 0.229 e. The van der Waals surface area contributed by atoms with Crippen LogP contribution in [0.1, 0.15) is 28.4 Å². The van der Waals surface area contributed by atoms with Gasteiger partial charge in [-0.25, -0.2) is 0 Å². The molecule has 160 valence electrons. The van der Waals surface area contributed by atoms with Gasteiger partial charge in [0.2, 0.25) is 6.29 Å². The molecule has 2 aliphatic heterocycles. The predicted octanol–water partition coefficient (Wildman–Crippen LogP) is 0.277. The van der Waals surface area contributed by atoms with E-state index in [9.17, 15) is 30.3 Å². The zero-order valence-electron chi connectivity index (χ0n) is 15.8. The molecule has 0 radical (unpaired) electrons. The molecule has 0 saturated carbocycles. The minimum absolute atomic E-state index is 0.00507. The number of rotatable bonds is 4. The van der Waals surface area contributed by atoms with E-state index in [0.717, 1.165) is 0 Å². The van der Waals surface area contributed by atoms with Crippen molar-refractivity contribution < 1.29 is 44.5 Å². The van der Waals surface area contributed by atoms with Gasteiger partial charge in [-0.15, -0.1) is 0 Å². The molecule has 0 bridgehead atoms. The molecular weight excluding hydrogens is 396 g/mol. The van der Waals surface area contributed by atoms with Gasteiger partial charge in [0.1, 0.15) is 47.8 Å². The number of hydrogen-bond acceptors (Lipinski definition) is 9. The van der Waals surface area contributed by atoms with Crippen molar-refractivity contribution in [2.45, 2.75) is 43.2 Å². The van der Waals surface area contributed by atoms with Crippen LogP contribution in [-0.2, 0) is 4.74 Å². The number of fused-ring (bicyclic) bond motifs is 1. The number of ketones is 1. The lowest BCUT2D eigenvalue weighted by atomic mass is 9.96. The van der Waals surface area contributed by atoms with Crippen molar-refractivity contribution in [1.29, 1.82) is 0 Å². The van der Waals surface area contributed by atoms with Crippen molar-refractivity contribution in [1.82, 2.24) is 0 Å². The van der Waals surface area contributed by atoms with Crippen LogP contribution in [0.5, 0.6) is 17.2 Å². The van der Waals surface area contributed by atoms with E-state index in [1.54, 1.807) is 24.3 Å². The number of phenols is 1. The Kier molecular flexibility index (Phi) is 5.63. The van der Waals surface area contributed by atoms with Crippen LogP contribution in [0.25, 0.3) is 0 Å². The molecule has 0 aromatic heterocycles. The fourth-order valence-electron chi connectivity index (χ4n) is 3.56. The van der Waals surface area contributed by atoms with Gasteiger partial charge in [0.25, 0.3) is 0 Å². The second-order valence-electron chi connectivity index (χ2n) is 7.30. The number of phenolic OH excluding ortho intramolecular Hbond substituents is 1. The minimum Gasteiger partial charge on any atom is -0.508 e. The molecule has 2 aliphatic rings. The molecule has 0 spiro atoms. The number of ether oxygens (including phenoxy) is 3. The molecule has 1 saturated heterocycles. The first-order valence-electron chi connectivity index (χ1n) is 9.47. The summed E-state index contributed by atoms with van der Waals surface area (Å²) < 4.78 is 16.7. The van der Waals surface area contributed by atoms with Crippen LogP contribution in [0.15, 0.2) is 42.5 Å². The zero-order chi connectivity index (χ0) is 21.4. The van der Waals surface area contributed by atoms with Gasteiger partial charge in [-0.2, -0.15) is 0 Å². The van der Waals surface area contributed by atoms with Crippen LogP contribution in [0.3, 0.4) is 0 Å². The standard InChI is InChI=1S/C21H22O9/c22-9-17-18(25)19(26)20(27)21(30-17)28-12-4-1-10(2-5-12)15-8-14(24)13-6-3-11(23)7-16(13)29-15/h1-7,15,17-23,25-27H,8-9H2/t15-,17+,18+,19+,20+,21+/m1/s1. The fraction of sp³-hybridized carbons (Fsp3) is 0.381. The molecule has 2 aromatic carbocycles. The van der Waals surface area contributed by atoms with Crippen molar-refractivity contribution in [2.24, 2.45) is 0 Å². The Bertz CT molecular complexity index is 911. The molecule has 9 heteroatoms. The Morgan fingerprint density at radius 3 is 2.43 bits per heavy atom. The summed E-state index contributed by atoms with van der Waals surface area (Å²) in [6.07, 6.45) is -7.24. The maximum atomic E-state index is 12.4. The van der Waals surface area contributed by atoms with E-state index in [2.05, 4.69) is 0 Å². The van der Waals surface area contributed by atoms with Gasteiger partial charge >= 0.3 is 0 Å². The summed E-state index contributed by atoms with van der Waals surface area (Å²) >= 11 is 0. The monoisotopic (exact) mass is 418 g/mol. The molecule has 5 N–H and O–H groups in total. The Labute approximate surface area is 171 Å². The highest BCUT2D eigenvalue weighted by atomic mass is 16.7. The smallest absolute Gasteiger partial charge is 0.229 e. The van der Waals surface area contributed by atoms with Gasteiger partial charge in [0.05, 0.1) is 18.6 Å². The first-order chi connectivity index (χ1) is 14.4. The van der Waals surface area contributed by atoms with E-state index in [1.807, 2.05) is 0 Å². The molecule has 2 heterocycles. The second-order valence-corrected chi connectivity index (χ2v) is 7.30. The van der Waals surface area contributed by atoms with Gasteiger partial charge in [0, 0.05) is 6.07 Å². The van der Waals surface area contributed by atoms with Gasteiger partial charge in [0.15, 0.2) is 5.78 Å². The third kappa shape index (κ3) is 3.85. The van der Waals surface area contributed by atoms with Crippen molar-refractivity contribution in [3.05, 3.63) is 53.6 Å². The molecule has 9 nitrogen and oxygen atoms in total. The summed E-state index contributed by atoms with van der Waals surface area (Å²) in [6.45, 7) is -0.548. The van der Waals surface area contributed by atoms with Gasteiger partial charge < -0.3 is 39.7 Å². The van der Waals surface area contributed by atoms with Crippen LogP contribution in [0, 0.1) is 0 Å². The Morgan fingerprint density at radius 2 is 1.73 bits per heavy atom. The quantitative estimate of drug-likeness (QED) is 0.472. The molecule has 0 amide bonds. The number of benzene rings is 2. The van der Waals surface area contributed by atoms with E-state index in [4.69, 9.17) is 14.2 Å². The molecular formula is C21H22O9. The van der Waals surface area contributed by atoms with Crippen molar-refractivity contribution >= 4 is 5.78 Å². The van der Waals surface area contributed by atoms with Crippen molar-refractivity contribution in [2.75, 3.05) is 6.61 Å². The second kappa shape index (κ2) is 8.21. The van der Waals surface area contributed by atoms with E-state index in [0.29, 0.717) is 22.6 Å². The van der Waals surface area contributed by atoms with E-state index >= 15 is 0 Å². The van der Waals surface area contributed by atoms with Gasteiger partial charge in [-0.3, -0.25) is 4.79 Å². The normalized spacial score (nSPS) is 31.0. The number of carbonyl (C=O) groups excluding carboxylic acids is 1. The molecule has 6 atom stereocenters. The lowest BCUT2D eigenvalue weighted by molar-refractivity contribution is -0.277. The summed E-state index contributed by atoms with van der Waals surface area (Å²) in [6, 6.07) is 10.9. The zero-order valence-corrected chi connectivity index (χ0v) is 15.8. The first kappa shape index (κ1) is 20.6. The number of aliphatic hydroxyl groups is 4. The summed E-state index contributed by atoms with van der Waals surface area (Å²) in [5.74, 6) is 0.537. The Morgan fingerprint density at radius 1 is 1.00 bits per heavy atom. The average Bonchev–Trinajstić information content (AvgIpc) is 2.74. The van der Waals surface area contributed by atoms with E-state index in [-0.39, 0.29) is 18.0 Å². The number of aliphatic hydroxyl groups excluding tert-OH is 4. The molecule has 1 fully saturated rings. The van der Waals surface area contributed by atoms with Crippen molar-refractivity contribution in [3.8, 4) is 17.2 Å². The Hall–Kier alpha value is -2.69.